The summed E-state index contributed by atoms with van der Waals surface area (Å²) in [4.78, 5) is 0. The van der Waals surface area contributed by atoms with Crippen LogP contribution >= 0.6 is 0 Å². The van der Waals surface area contributed by atoms with E-state index < -0.39 is 0 Å². The quantitative estimate of drug-likeness (QED) is 0.875. The molecule has 3 heteroatoms. The van der Waals surface area contributed by atoms with Gasteiger partial charge in [0.25, 0.3) is 0 Å². The minimum absolute atomic E-state index is 0.435. The average molecular weight is 271 g/mol. The van der Waals surface area contributed by atoms with E-state index in [0.717, 1.165) is 17.1 Å². The molecule has 3 nitrogen and oxygen atoms in total. The van der Waals surface area contributed by atoms with E-state index in [-0.39, 0.29) is 0 Å². The summed E-state index contributed by atoms with van der Waals surface area (Å²) in [6.07, 6.45) is 0. The first kappa shape index (κ1) is 14.4. The highest BCUT2D eigenvalue weighted by Gasteiger charge is 2.10. The summed E-state index contributed by atoms with van der Waals surface area (Å²) in [5.41, 5.74) is 9.13. The molecule has 0 unspecified atom stereocenters. The van der Waals surface area contributed by atoms with Gasteiger partial charge in [-0.2, -0.15) is 0 Å². The fraction of sp³-hybridized carbons (Fsp3) is 0.294. The summed E-state index contributed by atoms with van der Waals surface area (Å²) in [5.74, 6) is 1.50. The zero-order chi connectivity index (χ0) is 14.4. The standard InChI is InChI=1S/C17H21NO2/c1-3-19-16-10-6-9-14(11-18)17(16)20-12-15-8-5-4-7-13(15)2/h4-10H,3,11-12,18H2,1-2H3. The molecule has 0 amide bonds. The summed E-state index contributed by atoms with van der Waals surface area (Å²) >= 11 is 0. The second-order valence-electron chi connectivity index (χ2n) is 4.60. The Hall–Kier alpha value is -2.00. The number of benzene rings is 2. The van der Waals surface area contributed by atoms with Crippen LogP contribution in [0.2, 0.25) is 0 Å². The molecule has 0 fully saturated rings. The van der Waals surface area contributed by atoms with Gasteiger partial charge in [0.1, 0.15) is 6.61 Å². The van der Waals surface area contributed by atoms with Crippen LogP contribution in [0.5, 0.6) is 11.5 Å². The molecular weight excluding hydrogens is 250 g/mol. The molecule has 0 bridgehead atoms. The zero-order valence-corrected chi connectivity index (χ0v) is 12.1. The largest absolute Gasteiger partial charge is 0.490 e. The Balaban J connectivity index is 2.21. The Morgan fingerprint density at radius 1 is 0.950 bits per heavy atom. The van der Waals surface area contributed by atoms with Crippen LogP contribution in [-0.4, -0.2) is 6.61 Å². The fourth-order valence-corrected chi connectivity index (χ4v) is 2.08. The molecular formula is C17H21NO2. The summed E-state index contributed by atoms with van der Waals surface area (Å²) in [6.45, 7) is 5.60. The molecule has 2 rings (SSSR count). The van der Waals surface area contributed by atoms with Crippen molar-refractivity contribution in [3.05, 3.63) is 59.2 Å². The Bertz CT molecular complexity index is 567. The minimum Gasteiger partial charge on any atom is -0.490 e. The van der Waals surface area contributed by atoms with Gasteiger partial charge < -0.3 is 15.2 Å². The van der Waals surface area contributed by atoms with Crippen LogP contribution in [0.3, 0.4) is 0 Å². The first-order chi connectivity index (χ1) is 9.76. The molecule has 0 spiro atoms. The van der Waals surface area contributed by atoms with Gasteiger partial charge in [-0.1, -0.05) is 36.4 Å². The van der Waals surface area contributed by atoms with Crippen molar-refractivity contribution in [2.45, 2.75) is 27.0 Å². The topological polar surface area (TPSA) is 44.5 Å². The molecule has 2 N–H and O–H groups in total. The smallest absolute Gasteiger partial charge is 0.166 e. The van der Waals surface area contributed by atoms with Gasteiger partial charge in [-0.05, 0) is 31.0 Å². The molecule has 2 aromatic rings. The van der Waals surface area contributed by atoms with Crippen LogP contribution in [0, 0.1) is 6.92 Å². The number of rotatable bonds is 6. The maximum atomic E-state index is 5.97. The molecule has 20 heavy (non-hydrogen) atoms. The summed E-state index contributed by atoms with van der Waals surface area (Å²) in [7, 11) is 0. The van der Waals surface area contributed by atoms with E-state index >= 15 is 0 Å². The van der Waals surface area contributed by atoms with E-state index in [1.54, 1.807) is 0 Å². The van der Waals surface area contributed by atoms with E-state index in [2.05, 4.69) is 19.1 Å². The Kier molecular flexibility index (Phi) is 5.02. The first-order valence-electron chi connectivity index (χ1n) is 6.88. The van der Waals surface area contributed by atoms with Crippen molar-refractivity contribution >= 4 is 0 Å². The van der Waals surface area contributed by atoms with Crippen molar-refractivity contribution in [3.63, 3.8) is 0 Å². The highest BCUT2D eigenvalue weighted by molar-refractivity contribution is 5.46. The third-order valence-electron chi connectivity index (χ3n) is 3.21. The van der Waals surface area contributed by atoms with Crippen molar-refractivity contribution in [2.75, 3.05) is 6.61 Å². The number of hydrogen-bond donors (Lipinski definition) is 1. The van der Waals surface area contributed by atoms with Gasteiger partial charge >= 0.3 is 0 Å². The van der Waals surface area contributed by atoms with Gasteiger partial charge in [-0.15, -0.1) is 0 Å². The van der Waals surface area contributed by atoms with Crippen molar-refractivity contribution < 1.29 is 9.47 Å². The van der Waals surface area contributed by atoms with Crippen molar-refractivity contribution in [2.24, 2.45) is 5.73 Å². The normalized spacial score (nSPS) is 10.3. The molecule has 0 radical (unpaired) electrons. The number of hydrogen-bond acceptors (Lipinski definition) is 3. The molecule has 0 heterocycles. The number of ether oxygens (including phenoxy) is 2. The molecule has 0 aromatic heterocycles. The summed E-state index contributed by atoms with van der Waals surface area (Å²) in [5, 5.41) is 0. The van der Waals surface area contributed by atoms with Gasteiger partial charge in [0.15, 0.2) is 11.5 Å². The number of para-hydroxylation sites is 1. The van der Waals surface area contributed by atoms with Crippen LogP contribution in [-0.2, 0) is 13.2 Å². The molecule has 0 saturated carbocycles. The lowest BCUT2D eigenvalue weighted by Gasteiger charge is -2.16. The second kappa shape index (κ2) is 6.96. The van der Waals surface area contributed by atoms with Crippen LogP contribution < -0.4 is 15.2 Å². The van der Waals surface area contributed by atoms with Crippen molar-refractivity contribution in [3.8, 4) is 11.5 Å². The monoisotopic (exact) mass is 271 g/mol. The molecule has 0 atom stereocenters. The lowest BCUT2D eigenvalue weighted by molar-refractivity contribution is 0.266. The van der Waals surface area contributed by atoms with Crippen LogP contribution in [0.4, 0.5) is 0 Å². The molecule has 0 saturated heterocycles. The van der Waals surface area contributed by atoms with E-state index in [9.17, 15) is 0 Å². The summed E-state index contributed by atoms with van der Waals surface area (Å²) < 4.78 is 11.6. The number of aryl methyl sites for hydroxylation is 1. The van der Waals surface area contributed by atoms with Gasteiger partial charge in [-0.3, -0.25) is 0 Å². The highest BCUT2D eigenvalue weighted by atomic mass is 16.5. The SMILES string of the molecule is CCOc1cccc(CN)c1OCc1ccccc1C. The first-order valence-corrected chi connectivity index (χ1v) is 6.88. The van der Waals surface area contributed by atoms with Gasteiger partial charge in [0, 0.05) is 12.1 Å². The van der Waals surface area contributed by atoms with Crippen molar-refractivity contribution in [1.82, 2.24) is 0 Å². The van der Waals surface area contributed by atoms with E-state index in [1.165, 1.54) is 11.1 Å². The second-order valence-corrected chi connectivity index (χ2v) is 4.60. The van der Waals surface area contributed by atoms with E-state index in [4.69, 9.17) is 15.2 Å². The maximum absolute atomic E-state index is 5.97. The van der Waals surface area contributed by atoms with Gasteiger partial charge in [-0.25, -0.2) is 0 Å². The minimum atomic E-state index is 0.435. The van der Waals surface area contributed by atoms with Crippen LogP contribution in [0.1, 0.15) is 23.6 Å². The third kappa shape index (κ3) is 3.31. The van der Waals surface area contributed by atoms with E-state index in [0.29, 0.717) is 19.8 Å². The Morgan fingerprint density at radius 3 is 2.40 bits per heavy atom. The fourth-order valence-electron chi connectivity index (χ4n) is 2.08. The third-order valence-corrected chi connectivity index (χ3v) is 3.21. The average Bonchev–Trinajstić information content (AvgIpc) is 2.47. The van der Waals surface area contributed by atoms with Gasteiger partial charge in [0.2, 0.25) is 0 Å². The predicted octanol–water partition coefficient (Wildman–Crippen LogP) is 3.43. The van der Waals surface area contributed by atoms with Crippen LogP contribution in [0.25, 0.3) is 0 Å². The molecule has 0 aliphatic rings. The number of nitrogens with two attached hydrogens (primary N) is 1. The lowest BCUT2D eigenvalue weighted by atomic mass is 10.1. The van der Waals surface area contributed by atoms with E-state index in [1.807, 2.05) is 37.3 Å². The maximum Gasteiger partial charge on any atom is 0.166 e. The zero-order valence-electron chi connectivity index (χ0n) is 12.1. The Morgan fingerprint density at radius 2 is 1.70 bits per heavy atom. The summed E-state index contributed by atoms with van der Waals surface area (Å²) in [6, 6.07) is 14.0. The molecule has 2 aromatic carbocycles. The molecule has 0 aliphatic heterocycles. The van der Waals surface area contributed by atoms with Crippen molar-refractivity contribution in [1.29, 1.82) is 0 Å². The molecule has 106 valence electrons. The predicted molar refractivity (Wildman–Crippen MR) is 81.0 cm³/mol. The highest BCUT2D eigenvalue weighted by Crippen LogP contribution is 2.32. The van der Waals surface area contributed by atoms with Crippen LogP contribution in [0.15, 0.2) is 42.5 Å². The Labute approximate surface area is 120 Å². The van der Waals surface area contributed by atoms with Gasteiger partial charge in [0.05, 0.1) is 6.61 Å². The lowest BCUT2D eigenvalue weighted by Crippen LogP contribution is -2.06. The molecule has 0 aliphatic carbocycles.